The van der Waals surface area contributed by atoms with Crippen LogP contribution in [0, 0.1) is 17.2 Å². The van der Waals surface area contributed by atoms with Gasteiger partial charge in [-0.25, -0.2) is 4.98 Å². The predicted octanol–water partition coefficient (Wildman–Crippen LogP) is 3.95. The number of anilines is 1. The topological polar surface area (TPSA) is 130 Å². The Kier molecular flexibility index (Phi) is 4.94. The SMILES string of the molecule is N#Cc1c(N)n2ncc(-c3ccc(C4=CCC=C4)nc3)c2nc1[C@H]1CC[C@H](C(=O)O)CC1. The first kappa shape index (κ1) is 19.9. The van der Waals surface area contributed by atoms with Crippen molar-refractivity contribution in [3.8, 4) is 17.2 Å². The summed E-state index contributed by atoms with van der Waals surface area (Å²) in [6.07, 6.45) is 13.2. The quantitative estimate of drug-likeness (QED) is 0.646. The molecule has 0 unspecified atom stereocenters. The Labute approximate surface area is 184 Å². The highest BCUT2D eigenvalue weighted by Crippen LogP contribution is 2.38. The molecular weight excluding hydrogens is 404 g/mol. The first-order chi connectivity index (χ1) is 15.6. The second kappa shape index (κ2) is 7.93. The normalized spacial score (nSPS) is 20.3. The van der Waals surface area contributed by atoms with E-state index in [1.165, 1.54) is 4.52 Å². The maximum Gasteiger partial charge on any atom is 0.306 e. The molecule has 5 rings (SSSR count). The zero-order valence-corrected chi connectivity index (χ0v) is 17.4. The van der Waals surface area contributed by atoms with Crippen LogP contribution in [0.25, 0.3) is 22.3 Å². The number of hydrogen-bond acceptors (Lipinski definition) is 6. The molecule has 3 heterocycles. The Morgan fingerprint density at radius 1 is 1.22 bits per heavy atom. The summed E-state index contributed by atoms with van der Waals surface area (Å²) < 4.78 is 1.50. The van der Waals surface area contributed by atoms with Gasteiger partial charge in [-0.15, -0.1) is 0 Å². The van der Waals surface area contributed by atoms with E-state index in [1.54, 1.807) is 12.4 Å². The molecule has 0 atom stereocenters. The maximum absolute atomic E-state index is 11.3. The van der Waals surface area contributed by atoms with Gasteiger partial charge >= 0.3 is 5.97 Å². The second-order valence-electron chi connectivity index (χ2n) is 8.28. The Balaban J connectivity index is 1.54. The van der Waals surface area contributed by atoms with Crippen molar-refractivity contribution in [3.05, 3.63) is 59.7 Å². The first-order valence-corrected chi connectivity index (χ1v) is 10.7. The van der Waals surface area contributed by atoms with Crippen molar-refractivity contribution >= 4 is 23.0 Å². The Morgan fingerprint density at radius 2 is 2.03 bits per heavy atom. The highest BCUT2D eigenvalue weighted by atomic mass is 16.4. The minimum Gasteiger partial charge on any atom is -0.481 e. The van der Waals surface area contributed by atoms with Gasteiger partial charge in [0.1, 0.15) is 17.5 Å². The molecule has 0 radical (unpaired) electrons. The molecule has 0 aromatic carbocycles. The van der Waals surface area contributed by atoms with E-state index in [1.807, 2.05) is 12.1 Å². The lowest BCUT2D eigenvalue weighted by molar-refractivity contribution is -0.142. The number of fused-ring (bicyclic) bond motifs is 1. The highest BCUT2D eigenvalue weighted by molar-refractivity contribution is 5.80. The number of carboxylic acids is 1. The fourth-order valence-corrected chi connectivity index (χ4v) is 4.63. The molecule has 1 saturated carbocycles. The summed E-state index contributed by atoms with van der Waals surface area (Å²) in [6.45, 7) is 0. The molecule has 0 saturated heterocycles. The number of carbonyl (C=O) groups is 1. The summed E-state index contributed by atoms with van der Waals surface area (Å²) in [4.78, 5) is 20.7. The molecule has 3 N–H and O–H groups in total. The lowest BCUT2D eigenvalue weighted by Crippen LogP contribution is -2.22. The van der Waals surface area contributed by atoms with Crippen molar-refractivity contribution in [2.24, 2.45) is 5.92 Å². The first-order valence-electron chi connectivity index (χ1n) is 10.7. The third kappa shape index (κ3) is 3.32. The smallest absolute Gasteiger partial charge is 0.306 e. The standard InChI is InChI=1S/C24H22N6O2/c25-11-18-21(15-5-7-16(8-6-15)24(31)32)29-23-19(13-28-30(23)22(18)26)17-9-10-20(27-12-17)14-3-1-2-4-14/h1,3-4,9-10,12-13,15-16H,2,5-8,26H2,(H,31,32)/t15-,16-. The van der Waals surface area contributed by atoms with Crippen LogP contribution in [-0.4, -0.2) is 30.7 Å². The lowest BCUT2D eigenvalue weighted by atomic mass is 9.79. The number of aromatic nitrogens is 4. The Morgan fingerprint density at radius 3 is 2.66 bits per heavy atom. The average molecular weight is 426 g/mol. The van der Waals surface area contributed by atoms with Crippen LogP contribution in [0.3, 0.4) is 0 Å². The van der Waals surface area contributed by atoms with Crippen LogP contribution in [0.5, 0.6) is 0 Å². The van der Waals surface area contributed by atoms with E-state index in [4.69, 9.17) is 10.7 Å². The molecule has 2 aliphatic carbocycles. The second-order valence-corrected chi connectivity index (χ2v) is 8.28. The number of hydrogen-bond donors (Lipinski definition) is 2. The minimum atomic E-state index is -0.759. The molecule has 0 bridgehead atoms. The van der Waals surface area contributed by atoms with E-state index in [-0.39, 0.29) is 17.7 Å². The summed E-state index contributed by atoms with van der Waals surface area (Å²) in [5.74, 6) is -0.843. The van der Waals surface area contributed by atoms with Crippen LogP contribution >= 0.6 is 0 Å². The van der Waals surface area contributed by atoms with Gasteiger partial charge in [0.05, 0.1) is 23.5 Å². The van der Waals surface area contributed by atoms with Gasteiger partial charge in [-0.2, -0.15) is 14.9 Å². The van der Waals surface area contributed by atoms with Crippen molar-refractivity contribution in [1.82, 2.24) is 19.6 Å². The van der Waals surface area contributed by atoms with Gasteiger partial charge in [0.25, 0.3) is 0 Å². The van der Waals surface area contributed by atoms with Crippen LogP contribution in [0.15, 0.2) is 42.8 Å². The molecule has 3 aromatic heterocycles. The molecule has 0 aliphatic heterocycles. The van der Waals surface area contributed by atoms with E-state index in [0.29, 0.717) is 42.6 Å². The van der Waals surface area contributed by atoms with Gasteiger partial charge in [0, 0.05) is 23.2 Å². The number of allylic oxidation sites excluding steroid dienone is 4. The van der Waals surface area contributed by atoms with Gasteiger partial charge in [-0.05, 0) is 43.7 Å². The van der Waals surface area contributed by atoms with Gasteiger partial charge in [-0.1, -0.05) is 24.3 Å². The number of aliphatic carboxylic acids is 1. The van der Waals surface area contributed by atoms with E-state index >= 15 is 0 Å². The summed E-state index contributed by atoms with van der Waals surface area (Å²) in [6, 6.07) is 6.15. The average Bonchev–Trinajstić information content (AvgIpc) is 3.50. The third-order valence-corrected chi connectivity index (χ3v) is 6.43. The number of pyridine rings is 1. The molecule has 160 valence electrons. The minimum absolute atomic E-state index is 0.00288. The van der Waals surface area contributed by atoms with Crippen molar-refractivity contribution in [2.45, 2.75) is 38.0 Å². The van der Waals surface area contributed by atoms with E-state index in [9.17, 15) is 15.2 Å². The van der Waals surface area contributed by atoms with Gasteiger partial charge in [0.2, 0.25) is 0 Å². The monoisotopic (exact) mass is 426 g/mol. The fraction of sp³-hybridized carbons (Fsp3) is 0.292. The van der Waals surface area contributed by atoms with Gasteiger partial charge in [0.15, 0.2) is 5.65 Å². The highest BCUT2D eigenvalue weighted by Gasteiger charge is 2.30. The third-order valence-electron chi connectivity index (χ3n) is 6.43. The molecule has 32 heavy (non-hydrogen) atoms. The maximum atomic E-state index is 11.3. The summed E-state index contributed by atoms with van der Waals surface area (Å²) in [7, 11) is 0. The Bertz CT molecular complexity index is 1300. The van der Waals surface area contributed by atoms with Crippen LogP contribution in [0.1, 0.15) is 55.0 Å². The summed E-state index contributed by atoms with van der Waals surface area (Å²) in [5.41, 5.74) is 11.5. The molecule has 8 heteroatoms. The van der Waals surface area contributed by atoms with E-state index in [2.05, 4.69) is 34.4 Å². The zero-order chi connectivity index (χ0) is 22.2. The molecule has 1 fully saturated rings. The van der Waals surface area contributed by atoms with Crippen molar-refractivity contribution in [2.75, 3.05) is 5.73 Å². The fourth-order valence-electron chi connectivity index (χ4n) is 4.63. The predicted molar refractivity (Wildman–Crippen MR) is 119 cm³/mol. The number of nitrogens with zero attached hydrogens (tertiary/aromatic N) is 5. The van der Waals surface area contributed by atoms with Crippen LogP contribution < -0.4 is 5.73 Å². The van der Waals surface area contributed by atoms with Gasteiger partial charge in [-0.3, -0.25) is 9.78 Å². The van der Waals surface area contributed by atoms with Crippen molar-refractivity contribution in [3.63, 3.8) is 0 Å². The van der Waals surface area contributed by atoms with Crippen molar-refractivity contribution in [1.29, 1.82) is 5.26 Å². The van der Waals surface area contributed by atoms with Crippen molar-refractivity contribution < 1.29 is 9.90 Å². The molecule has 8 nitrogen and oxygen atoms in total. The number of nitrogens with two attached hydrogens (primary N) is 1. The molecular formula is C24H22N6O2. The zero-order valence-electron chi connectivity index (χ0n) is 17.4. The number of carboxylic acid groups (broad SMARTS) is 1. The number of nitrogen functional groups attached to an aromatic ring is 1. The summed E-state index contributed by atoms with van der Waals surface area (Å²) >= 11 is 0. The van der Waals surface area contributed by atoms with Crippen LogP contribution in [0.2, 0.25) is 0 Å². The number of nitriles is 1. The summed E-state index contributed by atoms with van der Waals surface area (Å²) in [5, 5.41) is 23.4. The largest absolute Gasteiger partial charge is 0.481 e. The molecule has 0 spiro atoms. The van der Waals surface area contributed by atoms with Crippen LogP contribution in [0.4, 0.5) is 5.82 Å². The number of rotatable bonds is 4. The molecule has 3 aromatic rings. The van der Waals surface area contributed by atoms with Gasteiger partial charge < -0.3 is 10.8 Å². The van der Waals surface area contributed by atoms with E-state index < -0.39 is 5.97 Å². The van der Waals surface area contributed by atoms with Crippen LogP contribution in [-0.2, 0) is 4.79 Å². The Hall–Kier alpha value is -3.99. The molecule has 2 aliphatic rings. The lowest BCUT2D eigenvalue weighted by Gasteiger charge is -2.26. The van der Waals surface area contributed by atoms with E-state index in [0.717, 1.165) is 28.8 Å². The molecule has 0 amide bonds.